The molecule has 0 atom stereocenters. The van der Waals surface area contributed by atoms with Crippen LogP contribution in [0.1, 0.15) is 45.2 Å². The van der Waals surface area contributed by atoms with Gasteiger partial charge in [0.25, 0.3) is 0 Å². The number of hydrogen-bond donors (Lipinski definition) is 0. The third-order valence-electron chi connectivity index (χ3n) is 5.16. The van der Waals surface area contributed by atoms with E-state index in [0.29, 0.717) is 24.3 Å². The maximum absolute atomic E-state index is 13.0. The summed E-state index contributed by atoms with van der Waals surface area (Å²) in [4.78, 5) is 24.9. The molecule has 7 nitrogen and oxygen atoms in total. The molecule has 0 radical (unpaired) electrons. The second-order valence-corrected chi connectivity index (χ2v) is 9.35. The van der Waals surface area contributed by atoms with E-state index in [-0.39, 0.29) is 29.3 Å². The topological polar surface area (TPSA) is 90.0 Å². The van der Waals surface area contributed by atoms with Gasteiger partial charge in [-0.25, -0.2) is 13.2 Å². The molecule has 0 aliphatic carbocycles. The Hall–Kier alpha value is -2.55. The number of sulfonamides is 1. The van der Waals surface area contributed by atoms with E-state index in [9.17, 15) is 18.0 Å². The van der Waals surface area contributed by atoms with Crippen LogP contribution in [-0.4, -0.2) is 57.4 Å². The van der Waals surface area contributed by atoms with Crippen LogP contribution >= 0.6 is 0 Å². The molecule has 1 heterocycles. The number of esters is 1. The van der Waals surface area contributed by atoms with Gasteiger partial charge in [0.1, 0.15) is 0 Å². The van der Waals surface area contributed by atoms with Crippen LogP contribution in [-0.2, 0) is 25.9 Å². The lowest BCUT2D eigenvalue weighted by atomic mass is 10.1. The van der Waals surface area contributed by atoms with Crippen LogP contribution in [0.25, 0.3) is 0 Å². The fourth-order valence-corrected chi connectivity index (χ4v) is 5.03. The van der Waals surface area contributed by atoms with Crippen molar-refractivity contribution in [1.29, 1.82) is 0 Å². The molecule has 31 heavy (non-hydrogen) atoms. The first-order valence-electron chi connectivity index (χ1n) is 10.3. The van der Waals surface area contributed by atoms with Gasteiger partial charge in [-0.05, 0) is 36.6 Å². The van der Waals surface area contributed by atoms with Crippen LogP contribution in [0.3, 0.4) is 0 Å². The zero-order valence-electron chi connectivity index (χ0n) is 17.8. The lowest BCUT2D eigenvalue weighted by Gasteiger charge is -2.26. The summed E-state index contributed by atoms with van der Waals surface area (Å²) >= 11 is 0. The molecule has 8 heteroatoms. The Kier molecular flexibility index (Phi) is 7.59. The Morgan fingerprint density at radius 3 is 2.32 bits per heavy atom. The number of rotatable bonds is 8. The smallest absolute Gasteiger partial charge is 0.338 e. The van der Waals surface area contributed by atoms with E-state index in [2.05, 4.69) is 6.92 Å². The van der Waals surface area contributed by atoms with Gasteiger partial charge in [0.2, 0.25) is 10.0 Å². The normalized spacial score (nSPS) is 14.9. The average Bonchev–Trinajstić information content (AvgIpc) is 2.78. The minimum Gasteiger partial charge on any atom is -0.454 e. The van der Waals surface area contributed by atoms with E-state index >= 15 is 0 Å². The van der Waals surface area contributed by atoms with Crippen molar-refractivity contribution in [3.05, 3.63) is 64.7 Å². The lowest BCUT2D eigenvalue weighted by molar-refractivity contribution is 0.0474. The number of carbonyl (C=O) groups excluding carboxylic acids is 2. The first-order valence-corrected chi connectivity index (χ1v) is 11.7. The Bertz CT molecular complexity index is 1040. The highest BCUT2D eigenvalue weighted by atomic mass is 32.2. The predicted molar refractivity (Wildman–Crippen MR) is 116 cm³/mol. The summed E-state index contributed by atoms with van der Waals surface area (Å²) in [5.41, 5.74) is 2.23. The molecule has 0 saturated carbocycles. The summed E-state index contributed by atoms with van der Waals surface area (Å²) in [6, 6.07) is 11.6. The van der Waals surface area contributed by atoms with Gasteiger partial charge in [0, 0.05) is 18.7 Å². The molecule has 166 valence electrons. The van der Waals surface area contributed by atoms with E-state index in [1.165, 1.54) is 16.4 Å². The molecule has 1 saturated heterocycles. The van der Waals surface area contributed by atoms with Gasteiger partial charge >= 0.3 is 5.97 Å². The fraction of sp³-hybridized carbons (Fsp3) is 0.391. The summed E-state index contributed by atoms with van der Waals surface area (Å²) in [5, 5.41) is 0. The maximum atomic E-state index is 13.0. The second kappa shape index (κ2) is 10.2. The van der Waals surface area contributed by atoms with Gasteiger partial charge in [0.15, 0.2) is 12.4 Å². The summed E-state index contributed by atoms with van der Waals surface area (Å²) < 4.78 is 37.7. The molecule has 0 spiro atoms. The first kappa shape index (κ1) is 23.1. The molecule has 2 aromatic rings. The van der Waals surface area contributed by atoms with Crippen molar-refractivity contribution < 1.29 is 27.5 Å². The quantitative estimate of drug-likeness (QED) is 0.458. The van der Waals surface area contributed by atoms with Gasteiger partial charge in [-0.15, -0.1) is 0 Å². The second-order valence-electron chi connectivity index (χ2n) is 7.44. The van der Waals surface area contributed by atoms with E-state index in [0.717, 1.165) is 18.4 Å². The number of nitrogens with zero attached hydrogens (tertiary/aromatic N) is 1. The third-order valence-corrected chi connectivity index (χ3v) is 7.20. The summed E-state index contributed by atoms with van der Waals surface area (Å²) in [6.07, 6.45) is 1.96. The van der Waals surface area contributed by atoms with Crippen molar-refractivity contribution in [3.63, 3.8) is 0 Å². The SMILES string of the molecule is CCCc1ccc(C(=O)COC(=O)c2ccc(C)c(S(=O)(=O)N3CCOCC3)c2)cc1. The Morgan fingerprint density at radius 2 is 1.68 bits per heavy atom. The summed E-state index contributed by atoms with van der Waals surface area (Å²) in [7, 11) is -3.75. The van der Waals surface area contributed by atoms with Crippen molar-refractivity contribution in [2.24, 2.45) is 0 Å². The van der Waals surface area contributed by atoms with Crippen molar-refractivity contribution >= 4 is 21.8 Å². The van der Waals surface area contributed by atoms with E-state index < -0.39 is 22.6 Å². The lowest BCUT2D eigenvalue weighted by Crippen LogP contribution is -2.40. The monoisotopic (exact) mass is 445 g/mol. The standard InChI is InChI=1S/C23H27NO6S/c1-3-4-18-6-9-19(10-7-18)21(25)16-30-23(26)20-8-5-17(2)22(15-20)31(27,28)24-11-13-29-14-12-24/h5-10,15H,3-4,11-14,16H2,1-2H3. The van der Waals surface area contributed by atoms with Crippen molar-refractivity contribution in [3.8, 4) is 0 Å². The molecule has 1 aliphatic rings. The average molecular weight is 446 g/mol. The number of ketones is 1. The summed E-state index contributed by atoms with van der Waals surface area (Å²) in [6.45, 7) is 4.55. The van der Waals surface area contributed by atoms with Gasteiger partial charge < -0.3 is 9.47 Å². The molecule has 0 amide bonds. The Labute approximate surface area is 183 Å². The number of hydrogen-bond acceptors (Lipinski definition) is 6. The van der Waals surface area contributed by atoms with Crippen LogP contribution < -0.4 is 0 Å². The highest BCUT2D eigenvalue weighted by Gasteiger charge is 2.28. The Balaban J connectivity index is 1.69. The number of ether oxygens (including phenoxy) is 2. The van der Waals surface area contributed by atoms with E-state index in [1.54, 1.807) is 25.1 Å². The molecular formula is C23H27NO6S. The minimum absolute atomic E-state index is 0.0571. The molecule has 0 aromatic heterocycles. The van der Waals surface area contributed by atoms with Gasteiger partial charge in [-0.1, -0.05) is 43.7 Å². The zero-order valence-corrected chi connectivity index (χ0v) is 18.6. The van der Waals surface area contributed by atoms with Crippen molar-refractivity contribution in [2.45, 2.75) is 31.6 Å². The number of Topliss-reactive ketones (excluding diaryl/α,β-unsaturated/α-hetero) is 1. The number of benzene rings is 2. The third kappa shape index (κ3) is 5.58. The minimum atomic E-state index is -3.75. The van der Waals surface area contributed by atoms with Crippen LogP contribution in [0.5, 0.6) is 0 Å². The number of morpholine rings is 1. The Morgan fingerprint density at radius 1 is 1.03 bits per heavy atom. The molecule has 1 aliphatic heterocycles. The van der Waals surface area contributed by atoms with Gasteiger partial charge in [-0.2, -0.15) is 4.31 Å². The zero-order chi connectivity index (χ0) is 22.4. The van der Waals surface area contributed by atoms with E-state index in [4.69, 9.17) is 9.47 Å². The molecule has 1 fully saturated rings. The predicted octanol–water partition coefficient (Wildman–Crippen LogP) is 3.01. The largest absolute Gasteiger partial charge is 0.454 e. The van der Waals surface area contributed by atoms with Crippen LogP contribution in [0.4, 0.5) is 0 Å². The molecule has 0 bridgehead atoms. The maximum Gasteiger partial charge on any atom is 0.338 e. The van der Waals surface area contributed by atoms with Crippen LogP contribution in [0.2, 0.25) is 0 Å². The number of carbonyl (C=O) groups is 2. The van der Waals surface area contributed by atoms with Crippen LogP contribution in [0.15, 0.2) is 47.4 Å². The fourth-order valence-electron chi connectivity index (χ4n) is 3.37. The van der Waals surface area contributed by atoms with Crippen molar-refractivity contribution in [1.82, 2.24) is 4.31 Å². The highest BCUT2D eigenvalue weighted by molar-refractivity contribution is 7.89. The van der Waals surface area contributed by atoms with Crippen LogP contribution in [0, 0.1) is 6.92 Å². The first-order chi connectivity index (χ1) is 14.8. The summed E-state index contributed by atoms with van der Waals surface area (Å²) in [5.74, 6) is -1.06. The molecule has 0 N–H and O–H groups in total. The molecule has 3 rings (SSSR count). The van der Waals surface area contributed by atoms with Crippen molar-refractivity contribution in [2.75, 3.05) is 32.9 Å². The van der Waals surface area contributed by atoms with E-state index in [1.807, 2.05) is 12.1 Å². The van der Waals surface area contributed by atoms with Gasteiger partial charge in [-0.3, -0.25) is 4.79 Å². The molecule has 0 unspecified atom stereocenters. The molecular weight excluding hydrogens is 418 g/mol. The highest BCUT2D eigenvalue weighted by Crippen LogP contribution is 2.23. The molecule has 2 aromatic carbocycles. The van der Waals surface area contributed by atoms with Gasteiger partial charge in [0.05, 0.1) is 23.7 Å². The number of aryl methyl sites for hydroxylation is 2.